The number of carbonyl (C=O) groups is 2. The van der Waals surface area contributed by atoms with Crippen LogP contribution in [0.4, 0.5) is 0 Å². The van der Waals surface area contributed by atoms with Crippen LogP contribution in [0.25, 0.3) is 0 Å². The summed E-state index contributed by atoms with van der Waals surface area (Å²) in [5.74, 6) is 0.502. The second-order valence-corrected chi connectivity index (χ2v) is 9.16. The Balaban J connectivity index is 1.37. The Labute approximate surface area is 197 Å². The van der Waals surface area contributed by atoms with Crippen molar-refractivity contribution in [3.05, 3.63) is 88.1 Å². The topological polar surface area (TPSA) is 62.2 Å². The lowest BCUT2D eigenvalue weighted by Gasteiger charge is -2.23. The maximum atomic E-state index is 13.3. The predicted octanol–water partition coefficient (Wildman–Crippen LogP) is 4.74. The molecule has 3 aromatic rings. The van der Waals surface area contributed by atoms with Crippen molar-refractivity contribution in [2.45, 2.75) is 25.3 Å². The van der Waals surface area contributed by atoms with Crippen molar-refractivity contribution in [1.82, 2.24) is 9.91 Å². The Bertz CT molecular complexity index is 1150. The molecule has 1 aromatic heterocycles. The first-order valence-electron chi connectivity index (χ1n) is 11.2. The zero-order valence-electron chi connectivity index (χ0n) is 18.2. The van der Waals surface area contributed by atoms with Gasteiger partial charge in [0.25, 0.3) is 11.8 Å². The van der Waals surface area contributed by atoms with Gasteiger partial charge in [-0.25, -0.2) is 5.01 Å². The molecule has 168 valence electrons. The van der Waals surface area contributed by atoms with Gasteiger partial charge in [0.2, 0.25) is 0 Å². The Hall–Kier alpha value is -3.45. The van der Waals surface area contributed by atoms with Gasteiger partial charge in [-0.1, -0.05) is 36.4 Å². The lowest BCUT2D eigenvalue weighted by molar-refractivity contribution is -0.132. The van der Waals surface area contributed by atoms with Crippen LogP contribution in [0.2, 0.25) is 0 Å². The molecule has 0 saturated carbocycles. The molecule has 7 heteroatoms. The first-order chi connectivity index (χ1) is 16.2. The maximum Gasteiger partial charge on any atom is 0.274 e. The van der Waals surface area contributed by atoms with E-state index < -0.39 is 0 Å². The van der Waals surface area contributed by atoms with Gasteiger partial charge in [-0.3, -0.25) is 9.59 Å². The summed E-state index contributed by atoms with van der Waals surface area (Å²) in [6, 6.07) is 20.6. The van der Waals surface area contributed by atoms with E-state index in [0.717, 1.165) is 42.1 Å². The molecule has 3 heterocycles. The van der Waals surface area contributed by atoms with Crippen molar-refractivity contribution < 1.29 is 14.3 Å². The predicted molar refractivity (Wildman–Crippen MR) is 129 cm³/mol. The highest BCUT2D eigenvalue weighted by Gasteiger charge is 2.34. The molecule has 0 bridgehead atoms. The minimum absolute atomic E-state index is 0.0166. The van der Waals surface area contributed by atoms with E-state index >= 15 is 0 Å². The van der Waals surface area contributed by atoms with Crippen LogP contribution in [-0.2, 0) is 4.79 Å². The van der Waals surface area contributed by atoms with E-state index in [0.29, 0.717) is 17.7 Å². The summed E-state index contributed by atoms with van der Waals surface area (Å²) in [5, 5.41) is 8.33. The highest BCUT2D eigenvalue weighted by atomic mass is 32.1. The van der Waals surface area contributed by atoms with Crippen LogP contribution in [-0.4, -0.2) is 47.1 Å². The molecule has 33 heavy (non-hydrogen) atoms. The van der Waals surface area contributed by atoms with Crippen molar-refractivity contribution in [3.8, 4) is 5.75 Å². The zero-order valence-corrected chi connectivity index (χ0v) is 19.0. The standard InChI is InChI=1S/C26H25N3O3S/c30-25(28-13-4-5-14-28)18-32-21-11-6-10-20(16-21)23-17-22(24-12-7-15-33-24)27-29(23)26(31)19-8-2-1-3-9-19/h1-3,6-12,15-16,23H,4-5,13-14,17-18H2/t23-/m0/s1. The Morgan fingerprint density at radius 2 is 1.82 bits per heavy atom. The number of hydrazone groups is 1. The average molecular weight is 460 g/mol. The fraction of sp³-hybridized carbons (Fsp3) is 0.269. The quantitative estimate of drug-likeness (QED) is 0.535. The SMILES string of the molecule is O=C(COc1cccc([C@@H]2CC(c3cccs3)=NN2C(=O)c2ccccc2)c1)N1CCCC1. The van der Waals surface area contributed by atoms with E-state index in [2.05, 4.69) is 0 Å². The number of hydrogen-bond donors (Lipinski definition) is 0. The summed E-state index contributed by atoms with van der Waals surface area (Å²) in [7, 11) is 0. The van der Waals surface area contributed by atoms with Gasteiger partial charge in [0.05, 0.1) is 16.6 Å². The third-order valence-electron chi connectivity index (χ3n) is 6.01. The molecule has 0 unspecified atom stereocenters. The molecule has 6 nitrogen and oxygen atoms in total. The van der Waals surface area contributed by atoms with Crippen molar-refractivity contribution in [2.24, 2.45) is 5.10 Å². The fourth-order valence-corrected chi connectivity index (χ4v) is 5.00. The maximum absolute atomic E-state index is 13.3. The van der Waals surface area contributed by atoms with E-state index in [9.17, 15) is 9.59 Å². The van der Waals surface area contributed by atoms with Gasteiger partial charge in [0.15, 0.2) is 6.61 Å². The molecule has 1 atom stereocenters. The molecule has 0 aliphatic carbocycles. The van der Waals surface area contributed by atoms with Crippen LogP contribution in [0.15, 0.2) is 77.2 Å². The molecule has 2 aliphatic heterocycles. The molecule has 1 saturated heterocycles. The zero-order chi connectivity index (χ0) is 22.6. The molecule has 2 aromatic carbocycles. The van der Waals surface area contributed by atoms with Crippen LogP contribution in [0.1, 0.15) is 46.1 Å². The molecular weight excluding hydrogens is 434 g/mol. The van der Waals surface area contributed by atoms with E-state index in [1.54, 1.807) is 16.3 Å². The highest BCUT2D eigenvalue weighted by Crippen LogP contribution is 2.36. The normalized spacial score (nSPS) is 17.8. The number of rotatable bonds is 6. The van der Waals surface area contributed by atoms with Crippen molar-refractivity contribution in [2.75, 3.05) is 19.7 Å². The number of likely N-dealkylation sites (tertiary alicyclic amines) is 1. The Kier molecular flexibility index (Phi) is 6.21. The molecular formula is C26H25N3O3S. The smallest absolute Gasteiger partial charge is 0.274 e. The molecule has 2 aliphatic rings. The summed E-state index contributed by atoms with van der Waals surface area (Å²) in [6.07, 6.45) is 2.73. The van der Waals surface area contributed by atoms with Crippen LogP contribution in [0, 0.1) is 0 Å². The van der Waals surface area contributed by atoms with E-state index in [4.69, 9.17) is 9.84 Å². The van der Waals surface area contributed by atoms with Gasteiger partial charge in [-0.2, -0.15) is 5.10 Å². The lowest BCUT2D eigenvalue weighted by Crippen LogP contribution is -2.32. The third-order valence-corrected chi connectivity index (χ3v) is 6.93. The van der Waals surface area contributed by atoms with Gasteiger partial charge >= 0.3 is 0 Å². The minimum atomic E-state index is -0.243. The highest BCUT2D eigenvalue weighted by molar-refractivity contribution is 7.12. The molecule has 2 amide bonds. The molecule has 0 spiro atoms. The van der Waals surface area contributed by atoms with E-state index in [1.165, 1.54) is 0 Å². The van der Waals surface area contributed by atoms with Gasteiger partial charge in [-0.05, 0) is 54.1 Å². The van der Waals surface area contributed by atoms with Crippen molar-refractivity contribution in [1.29, 1.82) is 0 Å². The largest absolute Gasteiger partial charge is 0.484 e. The number of ether oxygens (including phenoxy) is 1. The average Bonchev–Trinajstić information content (AvgIpc) is 3.64. The van der Waals surface area contributed by atoms with Crippen molar-refractivity contribution in [3.63, 3.8) is 0 Å². The second kappa shape index (κ2) is 9.58. The number of amides is 2. The van der Waals surface area contributed by atoms with Gasteiger partial charge in [0, 0.05) is 25.1 Å². The fourth-order valence-electron chi connectivity index (χ4n) is 4.28. The summed E-state index contributed by atoms with van der Waals surface area (Å²) in [4.78, 5) is 28.6. The number of nitrogens with zero attached hydrogens (tertiary/aromatic N) is 3. The number of carbonyl (C=O) groups excluding carboxylic acids is 2. The first-order valence-corrected chi connectivity index (χ1v) is 12.1. The number of benzene rings is 2. The summed E-state index contributed by atoms with van der Waals surface area (Å²) in [5.41, 5.74) is 2.43. The first kappa shape index (κ1) is 21.4. The van der Waals surface area contributed by atoms with Crippen LogP contribution >= 0.6 is 11.3 Å². The van der Waals surface area contributed by atoms with Crippen LogP contribution in [0.5, 0.6) is 5.75 Å². The summed E-state index contributed by atoms with van der Waals surface area (Å²) in [6.45, 7) is 1.64. The van der Waals surface area contributed by atoms with Gasteiger partial charge in [0.1, 0.15) is 5.75 Å². The monoisotopic (exact) mass is 459 g/mol. The Morgan fingerprint density at radius 1 is 1.00 bits per heavy atom. The lowest BCUT2D eigenvalue weighted by atomic mass is 10.0. The Morgan fingerprint density at radius 3 is 2.58 bits per heavy atom. The minimum Gasteiger partial charge on any atom is -0.484 e. The van der Waals surface area contributed by atoms with E-state index in [-0.39, 0.29) is 24.5 Å². The van der Waals surface area contributed by atoms with Crippen LogP contribution in [0.3, 0.4) is 0 Å². The summed E-state index contributed by atoms with van der Waals surface area (Å²) >= 11 is 1.62. The third kappa shape index (κ3) is 4.68. The van der Waals surface area contributed by atoms with Crippen molar-refractivity contribution >= 4 is 28.9 Å². The molecule has 0 N–H and O–H groups in total. The van der Waals surface area contributed by atoms with Gasteiger partial charge < -0.3 is 9.64 Å². The number of hydrogen-bond acceptors (Lipinski definition) is 5. The summed E-state index contributed by atoms with van der Waals surface area (Å²) < 4.78 is 5.83. The molecule has 5 rings (SSSR count). The molecule has 0 radical (unpaired) electrons. The van der Waals surface area contributed by atoms with Gasteiger partial charge in [-0.15, -0.1) is 11.3 Å². The number of thiophene rings is 1. The van der Waals surface area contributed by atoms with Crippen LogP contribution < -0.4 is 4.74 Å². The van der Waals surface area contributed by atoms with E-state index in [1.807, 2.05) is 77.0 Å². The second-order valence-electron chi connectivity index (χ2n) is 8.21. The molecule has 1 fully saturated rings.